The van der Waals surface area contributed by atoms with E-state index >= 15 is 0 Å². The number of aryl methyl sites for hydroxylation is 3. The molecule has 0 saturated carbocycles. The minimum atomic E-state index is 0.0958. The molecule has 0 spiro atoms. The molecule has 1 amide bonds. The number of fused-ring (bicyclic) bond motifs is 1. The van der Waals surface area contributed by atoms with Gasteiger partial charge in [-0.1, -0.05) is 0 Å². The van der Waals surface area contributed by atoms with Crippen molar-refractivity contribution in [1.82, 2.24) is 4.90 Å². The lowest BCUT2D eigenvalue weighted by Crippen LogP contribution is -2.25. The van der Waals surface area contributed by atoms with Gasteiger partial charge < -0.3 is 9.32 Å². The average Bonchev–Trinajstić information content (AvgIpc) is 3.03. The number of rotatable bonds is 3. The van der Waals surface area contributed by atoms with Crippen molar-refractivity contribution < 1.29 is 9.21 Å². The molecule has 4 heteroatoms. The van der Waals surface area contributed by atoms with Crippen LogP contribution in [-0.4, -0.2) is 17.9 Å². The van der Waals surface area contributed by atoms with Crippen molar-refractivity contribution in [3.8, 4) is 0 Å². The van der Waals surface area contributed by atoms with Gasteiger partial charge in [0.15, 0.2) is 0 Å². The highest BCUT2D eigenvalue weighted by atomic mass is 32.1. The second-order valence-corrected chi connectivity index (χ2v) is 6.58. The Hall–Kier alpha value is -1.55. The van der Waals surface area contributed by atoms with Crippen molar-refractivity contribution >= 4 is 17.2 Å². The summed E-state index contributed by atoms with van der Waals surface area (Å²) < 4.78 is 5.53. The Morgan fingerprint density at radius 2 is 2.15 bits per heavy atom. The minimum absolute atomic E-state index is 0.0958. The van der Waals surface area contributed by atoms with E-state index in [9.17, 15) is 4.79 Å². The predicted molar refractivity (Wildman–Crippen MR) is 80.2 cm³/mol. The molecule has 3 nitrogen and oxygen atoms in total. The highest BCUT2D eigenvalue weighted by molar-refractivity contribution is 7.14. The largest absolute Gasteiger partial charge is 0.464 e. The third kappa shape index (κ3) is 2.66. The van der Waals surface area contributed by atoms with Gasteiger partial charge in [-0.3, -0.25) is 4.79 Å². The number of thiophene rings is 1. The summed E-state index contributed by atoms with van der Waals surface area (Å²) >= 11 is 1.67. The van der Waals surface area contributed by atoms with Gasteiger partial charge in [-0.05, 0) is 56.4 Å². The lowest BCUT2D eigenvalue weighted by molar-refractivity contribution is 0.0779. The van der Waals surface area contributed by atoms with E-state index in [0.29, 0.717) is 6.54 Å². The molecule has 0 saturated heterocycles. The van der Waals surface area contributed by atoms with Crippen LogP contribution < -0.4 is 0 Å². The van der Waals surface area contributed by atoms with Crippen molar-refractivity contribution in [3.05, 3.63) is 45.0 Å². The van der Waals surface area contributed by atoms with Crippen LogP contribution in [0.15, 0.2) is 22.6 Å². The quantitative estimate of drug-likeness (QED) is 0.861. The number of carbonyl (C=O) groups excluding carboxylic acids is 1. The van der Waals surface area contributed by atoms with Crippen molar-refractivity contribution in [2.75, 3.05) is 7.05 Å². The number of furan rings is 1. The lowest BCUT2D eigenvalue weighted by atomic mass is 9.99. The van der Waals surface area contributed by atoms with Crippen LogP contribution in [0.3, 0.4) is 0 Å². The second-order valence-electron chi connectivity index (χ2n) is 5.44. The summed E-state index contributed by atoms with van der Waals surface area (Å²) in [5, 5.41) is 0. The van der Waals surface area contributed by atoms with Crippen LogP contribution >= 0.6 is 11.3 Å². The summed E-state index contributed by atoms with van der Waals surface area (Å²) in [5.74, 6) is 1.81. The monoisotopic (exact) mass is 289 g/mol. The first-order valence-corrected chi connectivity index (χ1v) is 7.87. The summed E-state index contributed by atoms with van der Waals surface area (Å²) in [6, 6.07) is 5.95. The minimum Gasteiger partial charge on any atom is -0.464 e. The summed E-state index contributed by atoms with van der Waals surface area (Å²) in [6.07, 6.45) is 4.76. The first-order chi connectivity index (χ1) is 9.63. The van der Waals surface area contributed by atoms with Crippen LogP contribution in [0.25, 0.3) is 0 Å². The fourth-order valence-corrected chi connectivity index (χ4v) is 3.91. The molecule has 2 heterocycles. The van der Waals surface area contributed by atoms with Crippen LogP contribution in [0.4, 0.5) is 0 Å². The van der Waals surface area contributed by atoms with Crippen molar-refractivity contribution in [1.29, 1.82) is 0 Å². The van der Waals surface area contributed by atoms with Gasteiger partial charge >= 0.3 is 0 Å². The zero-order valence-corrected chi connectivity index (χ0v) is 12.8. The van der Waals surface area contributed by atoms with Gasteiger partial charge in [-0.2, -0.15) is 0 Å². The Bertz CT molecular complexity index is 603. The maximum absolute atomic E-state index is 12.5. The third-order valence-electron chi connectivity index (χ3n) is 3.74. The Balaban J connectivity index is 1.73. The maximum atomic E-state index is 12.5. The van der Waals surface area contributed by atoms with Gasteiger partial charge in [-0.25, -0.2) is 0 Å². The summed E-state index contributed by atoms with van der Waals surface area (Å²) in [4.78, 5) is 16.5. The third-order valence-corrected chi connectivity index (χ3v) is 4.97. The molecule has 2 aromatic rings. The zero-order chi connectivity index (χ0) is 14.1. The molecule has 0 unspecified atom stereocenters. The Labute approximate surface area is 123 Å². The summed E-state index contributed by atoms with van der Waals surface area (Å²) in [5.41, 5.74) is 1.38. The van der Waals surface area contributed by atoms with E-state index in [4.69, 9.17) is 4.42 Å². The lowest BCUT2D eigenvalue weighted by Gasteiger charge is -2.14. The zero-order valence-electron chi connectivity index (χ0n) is 11.9. The van der Waals surface area contributed by atoms with Crippen LogP contribution in [0.2, 0.25) is 0 Å². The van der Waals surface area contributed by atoms with Gasteiger partial charge in [0.1, 0.15) is 11.5 Å². The molecule has 0 aromatic carbocycles. The van der Waals surface area contributed by atoms with Crippen LogP contribution in [0.5, 0.6) is 0 Å². The van der Waals surface area contributed by atoms with E-state index in [-0.39, 0.29) is 5.91 Å². The topological polar surface area (TPSA) is 33.5 Å². The highest BCUT2D eigenvalue weighted by Crippen LogP contribution is 2.30. The summed E-state index contributed by atoms with van der Waals surface area (Å²) in [7, 11) is 1.83. The van der Waals surface area contributed by atoms with Crippen molar-refractivity contribution in [3.63, 3.8) is 0 Å². The van der Waals surface area contributed by atoms with E-state index in [1.165, 1.54) is 23.3 Å². The molecule has 0 fully saturated rings. The fourth-order valence-electron chi connectivity index (χ4n) is 2.66. The molecule has 106 valence electrons. The first kappa shape index (κ1) is 13.4. The molecule has 0 N–H and O–H groups in total. The van der Waals surface area contributed by atoms with Gasteiger partial charge in [0.2, 0.25) is 0 Å². The molecule has 0 bridgehead atoms. The average molecular weight is 289 g/mol. The smallest absolute Gasteiger partial charge is 0.264 e. The van der Waals surface area contributed by atoms with Crippen LogP contribution in [-0.2, 0) is 19.4 Å². The van der Waals surface area contributed by atoms with E-state index in [1.807, 2.05) is 26.1 Å². The molecular weight excluding hydrogens is 270 g/mol. The van der Waals surface area contributed by atoms with Crippen LogP contribution in [0, 0.1) is 6.92 Å². The number of nitrogens with zero attached hydrogens (tertiary/aromatic N) is 1. The van der Waals surface area contributed by atoms with Gasteiger partial charge in [-0.15, -0.1) is 11.3 Å². The number of carbonyl (C=O) groups is 1. The van der Waals surface area contributed by atoms with E-state index in [1.54, 1.807) is 16.2 Å². The highest BCUT2D eigenvalue weighted by Gasteiger charge is 2.20. The molecule has 0 atom stereocenters. The molecule has 2 aromatic heterocycles. The first-order valence-electron chi connectivity index (χ1n) is 7.06. The summed E-state index contributed by atoms with van der Waals surface area (Å²) in [6.45, 7) is 2.44. The van der Waals surface area contributed by atoms with Crippen molar-refractivity contribution in [2.45, 2.75) is 39.2 Å². The maximum Gasteiger partial charge on any atom is 0.264 e. The molecule has 0 radical (unpaired) electrons. The van der Waals surface area contributed by atoms with E-state index in [0.717, 1.165) is 29.2 Å². The standard InChI is InChI=1S/C16H19NO2S/c1-11-7-8-13(19-11)10-17(2)16(18)15-9-12-5-3-4-6-14(12)20-15/h7-9H,3-6,10H2,1-2H3. The Kier molecular flexibility index (Phi) is 3.66. The Morgan fingerprint density at radius 3 is 2.85 bits per heavy atom. The molecule has 1 aliphatic carbocycles. The number of amides is 1. The predicted octanol–water partition coefficient (Wildman–Crippen LogP) is 3.80. The molecule has 3 rings (SSSR count). The van der Waals surface area contributed by atoms with E-state index < -0.39 is 0 Å². The number of hydrogen-bond donors (Lipinski definition) is 0. The molecule has 0 aliphatic heterocycles. The molecule has 20 heavy (non-hydrogen) atoms. The molecule has 1 aliphatic rings. The van der Waals surface area contributed by atoms with E-state index in [2.05, 4.69) is 6.07 Å². The molecular formula is C16H19NO2S. The van der Waals surface area contributed by atoms with Crippen LogP contribution in [0.1, 0.15) is 44.5 Å². The number of hydrogen-bond acceptors (Lipinski definition) is 3. The van der Waals surface area contributed by atoms with Gasteiger partial charge in [0.25, 0.3) is 5.91 Å². The van der Waals surface area contributed by atoms with Crippen molar-refractivity contribution in [2.24, 2.45) is 0 Å². The second kappa shape index (κ2) is 5.44. The Morgan fingerprint density at radius 1 is 1.35 bits per heavy atom. The normalized spacial score (nSPS) is 14.1. The van der Waals surface area contributed by atoms with Gasteiger partial charge in [0, 0.05) is 11.9 Å². The van der Waals surface area contributed by atoms with Gasteiger partial charge in [0.05, 0.1) is 11.4 Å². The fraction of sp³-hybridized carbons (Fsp3) is 0.438. The SMILES string of the molecule is Cc1ccc(CN(C)C(=O)c2cc3c(s2)CCCC3)o1.